The molecule has 0 saturated carbocycles. The first kappa shape index (κ1) is 25.1. The quantitative estimate of drug-likeness (QED) is 0.255. The average molecular weight is 521 g/mol. The van der Waals surface area contributed by atoms with Crippen LogP contribution in [0.4, 0.5) is 4.39 Å². The predicted molar refractivity (Wildman–Crippen MR) is 151 cm³/mol. The number of pyridine rings is 3. The molecule has 4 heterocycles. The number of halogens is 1. The van der Waals surface area contributed by atoms with Crippen molar-refractivity contribution in [1.82, 2.24) is 19.9 Å². The molecule has 0 N–H and O–H groups in total. The van der Waals surface area contributed by atoms with Crippen LogP contribution in [0.2, 0.25) is 0 Å². The largest absolute Gasteiger partial charge is 0.492 e. The summed E-state index contributed by atoms with van der Waals surface area (Å²) in [5.74, 6) is 0.528. The third-order valence-corrected chi connectivity index (χ3v) is 7.00. The van der Waals surface area contributed by atoms with Crippen molar-refractivity contribution in [2.45, 2.75) is 6.92 Å². The lowest BCUT2D eigenvalue weighted by Gasteiger charge is -2.26. The molecule has 0 aliphatic carbocycles. The first-order chi connectivity index (χ1) is 19.1. The second kappa shape index (κ2) is 11.3. The average Bonchev–Trinajstić information content (AvgIpc) is 2.99. The van der Waals surface area contributed by atoms with Crippen LogP contribution in [0.1, 0.15) is 5.56 Å². The number of nitrogens with zero attached hydrogens (tertiary/aromatic N) is 4. The standard InChI is InChI=1S/C32H29FN4O2/c1-22-4-9-30(33)29(17-22)31-19-28(27-3-2-10-35-32(27)36-31)25-18-24(20-34-21-25)23-5-7-26(8-6-23)39-16-13-37-11-14-38-15-12-37/h2-10,17-21H,11-16H2,1H3. The van der Waals surface area contributed by atoms with Gasteiger partial charge in [0.2, 0.25) is 0 Å². The first-order valence-electron chi connectivity index (χ1n) is 13.2. The van der Waals surface area contributed by atoms with Crippen LogP contribution < -0.4 is 4.74 Å². The zero-order valence-corrected chi connectivity index (χ0v) is 21.8. The van der Waals surface area contributed by atoms with E-state index in [1.807, 2.05) is 67.8 Å². The molecule has 1 fully saturated rings. The molecule has 5 aromatic rings. The predicted octanol–water partition coefficient (Wildman–Crippen LogP) is 6.18. The van der Waals surface area contributed by atoms with Gasteiger partial charge in [0.25, 0.3) is 0 Å². The third kappa shape index (κ3) is 5.65. The lowest BCUT2D eigenvalue weighted by Crippen LogP contribution is -2.38. The molecule has 3 aromatic heterocycles. The minimum absolute atomic E-state index is 0.312. The number of aromatic nitrogens is 3. The molecular formula is C32H29FN4O2. The Bertz CT molecular complexity index is 1600. The Hall–Kier alpha value is -4.20. The van der Waals surface area contributed by atoms with Crippen molar-refractivity contribution in [3.8, 4) is 39.3 Å². The number of aryl methyl sites for hydroxylation is 1. The van der Waals surface area contributed by atoms with Gasteiger partial charge in [0, 0.05) is 60.3 Å². The highest BCUT2D eigenvalue weighted by Crippen LogP contribution is 2.34. The minimum Gasteiger partial charge on any atom is -0.492 e. The van der Waals surface area contributed by atoms with Gasteiger partial charge < -0.3 is 9.47 Å². The normalized spacial score (nSPS) is 14.0. The van der Waals surface area contributed by atoms with Crippen molar-refractivity contribution in [1.29, 1.82) is 0 Å². The summed E-state index contributed by atoms with van der Waals surface area (Å²) in [5, 5.41) is 0.886. The first-order valence-corrected chi connectivity index (χ1v) is 13.2. The second-order valence-corrected chi connectivity index (χ2v) is 9.70. The summed E-state index contributed by atoms with van der Waals surface area (Å²) in [4.78, 5) is 16.1. The molecule has 7 heteroatoms. The fraction of sp³-hybridized carbons (Fsp3) is 0.219. The smallest absolute Gasteiger partial charge is 0.160 e. The van der Waals surface area contributed by atoms with E-state index in [0.717, 1.165) is 71.8 Å². The number of fused-ring (bicyclic) bond motifs is 1. The summed E-state index contributed by atoms with van der Waals surface area (Å²) < 4.78 is 26.2. The van der Waals surface area contributed by atoms with Gasteiger partial charge in [-0.3, -0.25) is 9.88 Å². The molecule has 1 saturated heterocycles. The van der Waals surface area contributed by atoms with E-state index in [0.29, 0.717) is 23.5 Å². The van der Waals surface area contributed by atoms with E-state index in [2.05, 4.69) is 25.9 Å². The van der Waals surface area contributed by atoms with E-state index in [1.54, 1.807) is 12.3 Å². The van der Waals surface area contributed by atoms with Gasteiger partial charge >= 0.3 is 0 Å². The van der Waals surface area contributed by atoms with Crippen LogP contribution in [-0.2, 0) is 4.74 Å². The molecule has 0 amide bonds. The van der Waals surface area contributed by atoms with E-state index < -0.39 is 0 Å². The van der Waals surface area contributed by atoms with Gasteiger partial charge in [-0.25, -0.2) is 14.4 Å². The molecule has 196 valence electrons. The molecule has 39 heavy (non-hydrogen) atoms. The molecular weight excluding hydrogens is 491 g/mol. The summed E-state index contributed by atoms with van der Waals surface area (Å²) in [6.45, 7) is 6.96. The monoisotopic (exact) mass is 520 g/mol. The summed E-state index contributed by atoms with van der Waals surface area (Å²) >= 11 is 0. The number of hydrogen-bond acceptors (Lipinski definition) is 6. The highest BCUT2D eigenvalue weighted by molar-refractivity contribution is 5.95. The van der Waals surface area contributed by atoms with Crippen molar-refractivity contribution in [2.24, 2.45) is 0 Å². The Morgan fingerprint density at radius 1 is 0.897 bits per heavy atom. The summed E-state index contributed by atoms with van der Waals surface area (Å²) in [5.41, 5.74) is 6.35. The molecule has 1 aliphatic rings. The van der Waals surface area contributed by atoms with Gasteiger partial charge in [-0.15, -0.1) is 0 Å². The Labute approximate surface area is 227 Å². The van der Waals surface area contributed by atoms with Crippen molar-refractivity contribution in [3.63, 3.8) is 0 Å². The molecule has 6 nitrogen and oxygen atoms in total. The maximum absolute atomic E-state index is 14.8. The van der Waals surface area contributed by atoms with Crippen molar-refractivity contribution < 1.29 is 13.9 Å². The minimum atomic E-state index is -0.312. The van der Waals surface area contributed by atoms with Gasteiger partial charge in [0.05, 0.1) is 18.9 Å². The topological polar surface area (TPSA) is 60.4 Å². The van der Waals surface area contributed by atoms with Crippen LogP contribution >= 0.6 is 0 Å². The molecule has 0 atom stereocenters. The van der Waals surface area contributed by atoms with E-state index in [-0.39, 0.29) is 5.82 Å². The van der Waals surface area contributed by atoms with Gasteiger partial charge in [0.15, 0.2) is 5.65 Å². The fourth-order valence-corrected chi connectivity index (χ4v) is 4.88. The highest BCUT2D eigenvalue weighted by atomic mass is 19.1. The molecule has 0 spiro atoms. The third-order valence-electron chi connectivity index (χ3n) is 7.00. The van der Waals surface area contributed by atoms with Crippen LogP contribution in [0.5, 0.6) is 5.75 Å². The maximum atomic E-state index is 14.8. The van der Waals surface area contributed by atoms with Crippen LogP contribution in [0.3, 0.4) is 0 Å². The number of benzene rings is 2. The van der Waals surface area contributed by atoms with Gasteiger partial charge in [-0.2, -0.15) is 0 Å². The maximum Gasteiger partial charge on any atom is 0.160 e. The highest BCUT2D eigenvalue weighted by Gasteiger charge is 2.15. The van der Waals surface area contributed by atoms with Crippen molar-refractivity contribution in [3.05, 3.63) is 96.7 Å². The Morgan fingerprint density at radius 2 is 1.72 bits per heavy atom. The number of ether oxygens (including phenoxy) is 2. The molecule has 6 rings (SSSR count). The van der Waals surface area contributed by atoms with Crippen LogP contribution in [0, 0.1) is 12.7 Å². The molecule has 1 aliphatic heterocycles. The lowest BCUT2D eigenvalue weighted by molar-refractivity contribution is 0.0322. The summed E-state index contributed by atoms with van der Waals surface area (Å²) in [7, 11) is 0. The zero-order chi connectivity index (χ0) is 26.6. The number of hydrogen-bond donors (Lipinski definition) is 0. The van der Waals surface area contributed by atoms with Crippen molar-refractivity contribution >= 4 is 11.0 Å². The van der Waals surface area contributed by atoms with Crippen LogP contribution in [0.15, 0.2) is 85.3 Å². The number of morpholine rings is 1. The van der Waals surface area contributed by atoms with E-state index in [9.17, 15) is 4.39 Å². The summed E-state index contributed by atoms with van der Waals surface area (Å²) in [6, 6.07) is 21.0. The molecule has 0 unspecified atom stereocenters. The van der Waals surface area contributed by atoms with Crippen LogP contribution in [-0.4, -0.2) is 59.3 Å². The van der Waals surface area contributed by atoms with E-state index >= 15 is 0 Å². The number of rotatable bonds is 7. The SMILES string of the molecule is Cc1ccc(F)c(-c2cc(-c3cncc(-c4ccc(OCCN5CCOCC5)cc4)c3)c3cccnc3n2)c1. The fourth-order valence-electron chi connectivity index (χ4n) is 4.88. The molecule has 0 bridgehead atoms. The van der Waals surface area contributed by atoms with E-state index in [1.165, 1.54) is 6.07 Å². The Morgan fingerprint density at radius 3 is 2.56 bits per heavy atom. The Balaban J connectivity index is 1.28. The lowest BCUT2D eigenvalue weighted by atomic mass is 9.97. The van der Waals surface area contributed by atoms with E-state index in [4.69, 9.17) is 9.47 Å². The van der Waals surface area contributed by atoms with Crippen molar-refractivity contribution in [2.75, 3.05) is 39.5 Å². The van der Waals surface area contributed by atoms with Crippen LogP contribution in [0.25, 0.3) is 44.5 Å². The summed E-state index contributed by atoms with van der Waals surface area (Å²) in [6.07, 6.45) is 5.38. The molecule has 2 aromatic carbocycles. The van der Waals surface area contributed by atoms with Gasteiger partial charge in [-0.05, 0) is 66.6 Å². The van der Waals surface area contributed by atoms with Gasteiger partial charge in [-0.1, -0.05) is 23.8 Å². The zero-order valence-electron chi connectivity index (χ0n) is 21.8. The Kier molecular flexibility index (Phi) is 7.25. The second-order valence-electron chi connectivity index (χ2n) is 9.70. The molecule has 0 radical (unpaired) electrons. The van der Waals surface area contributed by atoms with Gasteiger partial charge in [0.1, 0.15) is 18.2 Å².